The number of imidazole rings is 1. The smallest absolute Gasteiger partial charge is 0.260 e. The van der Waals surface area contributed by atoms with Crippen molar-refractivity contribution in [1.82, 2.24) is 9.38 Å². The molecule has 32 heavy (non-hydrogen) atoms. The zero-order valence-electron chi connectivity index (χ0n) is 18.0. The van der Waals surface area contributed by atoms with E-state index in [1.165, 1.54) is 0 Å². The van der Waals surface area contributed by atoms with Crippen molar-refractivity contribution in [3.8, 4) is 17.0 Å². The second kappa shape index (κ2) is 8.19. The molecule has 0 spiro atoms. The zero-order valence-corrected chi connectivity index (χ0v) is 18.0. The van der Waals surface area contributed by atoms with Crippen LogP contribution in [-0.2, 0) is 0 Å². The Bertz CT molecular complexity index is 1440. The molecule has 0 aliphatic rings. The topological polar surface area (TPSA) is 55.6 Å². The van der Waals surface area contributed by atoms with E-state index in [1.807, 2.05) is 90.4 Å². The minimum atomic E-state index is -0.193. The molecular formula is C27H23N3O2. The average molecular weight is 422 g/mol. The molecule has 2 aromatic heterocycles. The molecule has 0 saturated carbocycles. The van der Waals surface area contributed by atoms with Gasteiger partial charge in [-0.2, -0.15) is 0 Å². The number of hydrogen-bond donors (Lipinski definition) is 1. The van der Waals surface area contributed by atoms with Gasteiger partial charge in [0, 0.05) is 23.6 Å². The van der Waals surface area contributed by atoms with Gasteiger partial charge in [-0.05, 0) is 54.4 Å². The van der Waals surface area contributed by atoms with Gasteiger partial charge in [-0.3, -0.25) is 4.79 Å². The van der Waals surface area contributed by atoms with Gasteiger partial charge < -0.3 is 14.5 Å². The third-order valence-corrected chi connectivity index (χ3v) is 5.53. The van der Waals surface area contributed by atoms with Crippen LogP contribution in [0.4, 0.5) is 5.69 Å². The van der Waals surface area contributed by atoms with E-state index >= 15 is 0 Å². The maximum absolute atomic E-state index is 13.2. The molecule has 5 aromatic rings. The van der Waals surface area contributed by atoms with Crippen LogP contribution in [-0.4, -0.2) is 21.9 Å². The molecule has 2 heterocycles. The first-order chi connectivity index (χ1) is 15.6. The number of fused-ring (bicyclic) bond motifs is 2. The SMILES string of the molecule is CCOc1ccc2ccccc2c1C(=O)Nc1ccc(-c2cn3cccc(C)c3n2)cc1. The van der Waals surface area contributed by atoms with Crippen LogP contribution in [0.2, 0.25) is 0 Å². The fourth-order valence-corrected chi connectivity index (χ4v) is 3.97. The quantitative estimate of drug-likeness (QED) is 0.372. The lowest BCUT2D eigenvalue weighted by molar-refractivity contribution is 0.102. The fraction of sp³-hybridized carbons (Fsp3) is 0.111. The Balaban J connectivity index is 1.44. The molecule has 0 fully saturated rings. The first-order valence-corrected chi connectivity index (χ1v) is 10.6. The molecule has 158 valence electrons. The van der Waals surface area contributed by atoms with E-state index in [-0.39, 0.29) is 5.91 Å². The minimum Gasteiger partial charge on any atom is -0.493 e. The van der Waals surface area contributed by atoms with E-state index in [9.17, 15) is 4.79 Å². The van der Waals surface area contributed by atoms with E-state index in [4.69, 9.17) is 9.72 Å². The van der Waals surface area contributed by atoms with Gasteiger partial charge in [-0.1, -0.05) is 48.5 Å². The molecule has 3 aromatic carbocycles. The highest BCUT2D eigenvalue weighted by Crippen LogP contribution is 2.29. The molecule has 5 rings (SSSR count). The Morgan fingerprint density at radius 2 is 1.81 bits per heavy atom. The van der Waals surface area contributed by atoms with E-state index in [1.54, 1.807) is 0 Å². The van der Waals surface area contributed by atoms with Crippen LogP contribution in [0.5, 0.6) is 5.75 Å². The van der Waals surface area contributed by atoms with Crippen molar-refractivity contribution in [1.29, 1.82) is 0 Å². The molecule has 1 amide bonds. The van der Waals surface area contributed by atoms with Gasteiger partial charge >= 0.3 is 0 Å². The number of pyridine rings is 1. The number of carbonyl (C=O) groups excluding carboxylic acids is 1. The van der Waals surface area contributed by atoms with Gasteiger partial charge in [-0.15, -0.1) is 0 Å². The minimum absolute atomic E-state index is 0.193. The molecule has 5 heteroatoms. The van der Waals surface area contributed by atoms with Gasteiger partial charge in [0.25, 0.3) is 5.91 Å². The van der Waals surface area contributed by atoms with E-state index < -0.39 is 0 Å². The summed E-state index contributed by atoms with van der Waals surface area (Å²) < 4.78 is 7.77. The van der Waals surface area contributed by atoms with Crippen LogP contribution < -0.4 is 10.1 Å². The molecule has 1 N–H and O–H groups in total. The highest BCUT2D eigenvalue weighted by Gasteiger charge is 2.17. The number of benzene rings is 3. The van der Waals surface area contributed by atoms with E-state index in [2.05, 4.69) is 18.3 Å². The summed E-state index contributed by atoms with van der Waals surface area (Å²) in [6.45, 7) is 4.46. The summed E-state index contributed by atoms with van der Waals surface area (Å²) in [5.41, 5.74) is 5.22. The van der Waals surface area contributed by atoms with Crippen molar-refractivity contribution in [3.63, 3.8) is 0 Å². The second-order valence-corrected chi connectivity index (χ2v) is 7.67. The highest BCUT2D eigenvalue weighted by atomic mass is 16.5. The number of hydrogen-bond acceptors (Lipinski definition) is 3. The van der Waals surface area contributed by atoms with Crippen LogP contribution in [0.15, 0.2) is 85.2 Å². The fourth-order valence-electron chi connectivity index (χ4n) is 3.97. The average Bonchev–Trinajstić information content (AvgIpc) is 3.25. The number of ether oxygens (including phenoxy) is 1. The first-order valence-electron chi connectivity index (χ1n) is 10.6. The molecule has 0 aliphatic heterocycles. The molecule has 0 radical (unpaired) electrons. The maximum Gasteiger partial charge on any atom is 0.260 e. The molecule has 0 bridgehead atoms. The number of nitrogens with zero attached hydrogens (tertiary/aromatic N) is 2. The summed E-state index contributed by atoms with van der Waals surface area (Å²) in [6, 6.07) is 23.5. The lowest BCUT2D eigenvalue weighted by Crippen LogP contribution is -2.14. The summed E-state index contributed by atoms with van der Waals surface area (Å²) in [7, 11) is 0. The van der Waals surface area contributed by atoms with Crippen LogP contribution in [0, 0.1) is 6.92 Å². The highest BCUT2D eigenvalue weighted by molar-refractivity contribution is 6.15. The number of amides is 1. The summed E-state index contributed by atoms with van der Waals surface area (Å²) >= 11 is 0. The summed E-state index contributed by atoms with van der Waals surface area (Å²) in [6.07, 6.45) is 4.01. The van der Waals surface area contributed by atoms with Gasteiger partial charge in [-0.25, -0.2) is 4.98 Å². The van der Waals surface area contributed by atoms with Crippen molar-refractivity contribution >= 4 is 28.0 Å². The molecule has 0 unspecified atom stereocenters. The van der Waals surface area contributed by atoms with Crippen LogP contribution in [0.3, 0.4) is 0 Å². The Hall–Kier alpha value is -4.12. The first kappa shape index (κ1) is 19.8. The monoisotopic (exact) mass is 421 g/mol. The summed E-state index contributed by atoms with van der Waals surface area (Å²) in [4.78, 5) is 18.0. The second-order valence-electron chi connectivity index (χ2n) is 7.67. The predicted octanol–water partition coefficient (Wildman–Crippen LogP) is 6.11. The Kier molecular flexibility index (Phi) is 5.07. The Morgan fingerprint density at radius 1 is 1.00 bits per heavy atom. The van der Waals surface area contributed by atoms with Crippen molar-refractivity contribution in [3.05, 3.63) is 96.3 Å². The molecule has 5 nitrogen and oxygen atoms in total. The van der Waals surface area contributed by atoms with E-state index in [0.29, 0.717) is 23.6 Å². The standard InChI is InChI=1S/C27H23N3O2/c1-3-32-24-15-12-19-8-4-5-9-22(19)25(24)27(31)28-21-13-10-20(11-14-21)23-17-30-16-6-7-18(2)26(30)29-23/h4-17H,3H2,1-2H3,(H,28,31). The van der Waals surface area contributed by atoms with Gasteiger partial charge in [0.05, 0.1) is 17.9 Å². The van der Waals surface area contributed by atoms with Crippen LogP contribution in [0.25, 0.3) is 27.7 Å². The summed E-state index contributed by atoms with van der Waals surface area (Å²) in [5.74, 6) is 0.391. The van der Waals surface area contributed by atoms with Crippen molar-refractivity contribution in [2.45, 2.75) is 13.8 Å². The number of aryl methyl sites for hydroxylation is 1. The molecular weight excluding hydrogens is 398 g/mol. The summed E-state index contributed by atoms with van der Waals surface area (Å²) in [5, 5.41) is 4.89. The molecule has 0 saturated heterocycles. The Labute approximate surface area is 186 Å². The molecule has 0 atom stereocenters. The number of rotatable bonds is 5. The van der Waals surface area contributed by atoms with Gasteiger partial charge in [0.15, 0.2) is 0 Å². The lowest BCUT2D eigenvalue weighted by Gasteiger charge is -2.13. The van der Waals surface area contributed by atoms with Gasteiger partial charge in [0.2, 0.25) is 0 Å². The van der Waals surface area contributed by atoms with Crippen molar-refractivity contribution in [2.75, 3.05) is 11.9 Å². The number of nitrogens with one attached hydrogen (secondary N) is 1. The van der Waals surface area contributed by atoms with Crippen molar-refractivity contribution in [2.24, 2.45) is 0 Å². The van der Waals surface area contributed by atoms with Crippen LogP contribution in [0.1, 0.15) is 22.8 Å². The maximum atomic E-state index is 13.2. The van der Waals surface area contributed by atoms with Crippen molar-refractivity contribution < 1.29 is 9.53 Å². The lowest BCUT2D eigenvalue weighted by atomic mass is 10.0. The number of carbonyl (C=O) groups is 1. The number of anilines is 1. The van der Waals surface area contributed by atoms with Gasteiger partial charge in [0.1, 0.15) is 11.4 Å². The molecule has 0 aliphatic carbocycles. The third-order valence-electron chi connectivity index (χ3n) is 5.53. The normalized spacial score (nSPS) is 11.1. The van der Waals surface area contributed by atoms with E-state index in [0.717, 1.165) is 33.2 Å². The predicted molar refractivity (Wildman–Crippen MR) is 128 cm³/mol. The van der Waals surface area contributed by atoms with Crippen LogP contribution >= 0.6 is 0 Å². The Morgan fingerprint density at radius 3 is 2.59 bits per heavy atom. The largest absolute Gasteiger partial charge is 0.493 e. The third kappa shape index (κ3) is 3.58. The number of aromatic nitrogens is 2. The zero-order chi connectivity index (χ0) is 22.1.